The first-order chi connectivity index (χ1) is 24.5. The summed E-state index contributed by atoms with van der Waals surface area (Å²) in [6.07, 6.45) is 0. The molecule has 2 aliphatic rings. The Morgan fingerprint density at radius 2 is 0.980 bits per heavy atom. The van der Waals surface area contributed by atoms with Crippen LogP contribution in [0, 0.1) is 0 Å². The smallest absolute Gasteiger partial charge is 0.0803 e. The van der Waals surface area contributed by atoms with Gasteiger partial charge < -0.3 is 4.90 Å². The predicted octanol–water partition coefficient (Wildman–Crippen LogP) is 12.4. The van der Waals surface area contributed by atoms with Gasteiger partial charge in [-0.1, -0.05) is 153 Å². The summed E-state index contributed by atoms with van der Waals surface area (Å²) in [6.45, 7) is 7.37. The zero-order valence-corrected chi connectivity index (χ0v) is 29.6. The number of para-hydroxylation sites is 2. The molecular formula is C48H37NSi. The van der Waals surface area contributed by atoms with Crippen molar-refractivity contribution in [2.24, 2.45) is 0 Å². The van der Waals surface area contributed by atoms with Crippen molar-refractivity contribution in [3.63, 3.8) is 0 Å². The fourth-order valence-corrected chi connectivity index (χ4v) is 10.7. The molecule has 50 heavy (non-hydrogen) atoms. The van der Waals surface area contributed by atoms with E-state index in [4.69, 9.17) is 0 Å². The maximum absolute atomic E-state index is 2.56. The number of fused-ring (bicyclic) bond motifs is 13. The molecule has 0 N–H and O–H groups in total. The number of anilines is 3. The van der Waals surface area contributed by atoms with Gasteiger partial charge in [0.2, 0.25) is 0 Å². The monoisotopic (exact) mass is 655 g/mol. The summed E-state index contributed by atoms with van der Waals surface area (Å²) in [5.74, 6) is 0. The predicted molar refractivity (Wildman–Crippen MR) is 215 cm³/mol. The Bertz CT molecular complexity index is 2600. The van der Waals surface area contributed by atoms with Gasteiger partial charge in [0.05, 0.1) is 19.2 Å². The van der Waals surface area contributed by atoms with Crippen LogP contribution in [0.4, 0.5) is 17.1 Å². The first kappa shape index (κ1) is 29.2. The van der Waals surface area contributed by atoms with Gasteiger partial charge in [-0.25, -0.2) is 0 Å². The lowest BCUT2D eigenvalue weighted by Crippen LogP contribution is -2.40. The highest BCUT2D eigenvalue weighted by Crippen LogP contribution is 2.65. The molecule has 0 heterocycles. The third-order valence-electron chi connectivity index (χ3n) is 11.1. The summed E-state index contributed by atoms with van der Waals surface area (Å²) in [5.41, 5.74) is 14.0. The van der Waals surface area contributed by atoms with Crippen molar-refractivity contribution in [2.45, 2.75) is 25.1 Å². The molecule has 0 fully saturated rings. The number of benzene rings is 8. The SMILES string of the molecule is C[Si](C)(C)c1ccccc1N(c1ccccc1)c1cc2c(c3ccccc13)-c1cc3ccccc3cc1C21c2ccccc2-c2ccccc21. The van der Waals surface area contributed by atoms with Crippen LogP contribution in [-0.4, -0.2) is 8.07 Å². The van der Waals surface area contributed by atoms with Crippen molar-refractivity contribution in [3.05, 3.63) is 192 Å². The van der Waals surface area contributed by atoms with E-state index >= 15 is 0 Å². The summed E-state index contributed by atoms with van der Waals surface area (Å²) < 4.78 is 0. The Kier molecular flexibility index (Phi) is 6.22. The quantitative estimate of drug-likeness (QED) is 0.171. The van der Waals surface area contributed by atoms with Crippen LogP contribution in [-0.2, 0) is 5.41 Å². The largest absolute Gasteiger partial charge is 0.310 e. The first-order valence-electron chi connectivity index (χ1n) is 17.7. The molecule has 0 saturated carbocycles. The third-order valence-corrected chi connectivity index (χ3v) is 13.2. The molecule has 0 amide bonds. The second-order valence-electron chi connectivity index (χ2n) is 14.9. The first-order valence-corrected chi connectivity index (χ1v) is 21.2. The van der Waals surface area contributed by atoms with Crippen molar-refractivity contribution in [2.75, 3.05) is 4.90 Å². The second kappa shape index (κ2) is 10.6. The Morgan fingerprint density at radius 3 is 1.68 bits per heavy atom. The lowest BCUT2D eigenvalue weighted by Gasteiger charge is -2.34. The normalized spacial score (nSPS) is 13.7. The third kappa shape index (κ3) is 3.94. The number of hydrogen-bond acceptors (Lipinski definition) is 1. The molecule has 2 aliphatic carbocycles. The molecule has 0 aromatic heterocycles. The van der Waals surface area contributed by atoms with Crippen molar-refractivity contribution in [3.8, 4) is 22.3 Å². The highest BCUT2D eigenvalue weighted by Gasteiger charge is 2.52. The van der Waals surface area contributed by atoms with E-state index < -0.39 is 13.5 Å². The topological polar surface area (TPSA) is 3.24 Å². The van der Waals surface area contributed by atoms with Crippen molar-refractivity contribution >= 4 is 51.9 Å². The minimum Gasteiger partial charge on any atom is -0.310 e. The highest BCUT2D eigenvalue weighted by molar-refractivity contribution is 6.89. The lowest BCUT2D eigenvalue weighted by molar-refractivity contribution is 0.795. The Hall–Kier alpha value is -5.70. The standard InChI is InChI=1S/C48H37NSi/c1-50(2,3)46-28-16-15-27-44(46)49(34-19-5-4-6-20-34)45-31-43-47(38-24-10-9-23-37(38)45)39-29-32-17-7-8-18-33(32)30-42(39)48(43)40-25-13-11-21-35(40)36-22-12-14-26-41(36)48/h4-31H,1-3H3. The van der Waals surface area contributed by atoms with Gasteiger partial charge in [0.15, 0.2) is 0 Å². The van der Waals surface area contributed by atoms with Crippen LogP contribution in [0.2, 0.25) is 19.6 Å². The van der Waals surface area contributed by atoms with Crippen LogP contribution in [0.15, 0.2) is 170 Å². The molecule has 0 radical (unpaired) electrons. The maximum Gasteiger partial charge on any atom is 0.0803 e. The molecule has 0 aliphatic heterocycles. The Morgan fingerprint density at radius 1 is 0.420 bits per heavy atom. The van der Waals surface area contributed by atoms with E-state index in [1.54, 1.807) is 0 Å². The summed E-state index contributed by atoms with van der Waals surface area (Å²) >= 11 is 0. The van der Waals surface area contributed by atoms with Gasteiger partial charge in [-0.15, -0.1) is 0 Å². The Labute approximate surface area is 295 Å². The van der Waals surface area contributed by atoms with E-state index in [1.807, 2.05) is 0 Å². The summed E-state index contributed by atoms with van der Waals surface area (Å²) in [4.78, 5) is 2.55. The molecule has 0 unspecified atom stereocenters. The molecule has 0 saturated heterocycles. The molecule has 2 heteroatoms. The summed E-state index contributed by atoms with van der Waals surface area (Å²) in [7, 11) is -1.74. The van der Waals surface area contributed by atoms with E-state index in [9.17, 15) is 0 Å². The van der Waals surface area contributed by atoms with E-state index in [0.29, 0.717) is 0 Å². The van der Waals surface area contributed by atoms with Crippen LogP contribution in [0.1, 0.15) is 22.3 Å². The molecule has 8 aromatic rings. The van der Waals surface area contributed by atoms with Crippen molar-refractivity contribution < 1.29 is 0 Å². The molecule has 10 rings (SSSR count). The van der Waals surface area contributed by atoms with Gasteiger partial charge in [-0.3, -0.25) is 0 Å². The van der Waals surface area contributed by atoms with Crippen molar-refractivity contribution in [1.29, 1.82) is 0 Å². The van der Waals surface area contributed by atoms with Crippen LogP contribution in [0.5, 0.6) is 0 Å². The second-order valence-corrected chi connectivity index (χ2v) is 19.9. The molecule has 0 atom stereocenters. The van der Waals surface area contributed by atoms with Gasteiger partial charge in [0.25, 0.3) is 0 Å². The zero-order chi connectivity index (χ0) is 33.6. The average Bonchev–Trinajstić information content (AvgIpc) is 3.61. The van der Waals surface area contributed by atoms with E-state index in [0.717, 1.165) is 0 Å². The molecule has 1 nitrogen and oxygen atoms in total. The fourth-order valence-electron chi connectivity index (χ4n) is 9.13. The number of nitrogens with zero attached hydrogens (tertiary/aromatic N) is 1. The van der Waals surface area contributed by atoms with Gasteiger partial charge in [0.1, 0.15) is 0 Å². The zero-order valence-electron chi connectivity index (χ0n) is 28.6. The minimum absolute atomic E-state index is 0.457. The molecule has 1 spiro atoms. The maximum atomic E-state index is 2.56. The van der Waals surface area contributed by atoms with Gasteiger partial charge in [0, 0.05) is 16.8 Å². The molecule has 8 aromatic carbocycles. The fraction of sp³-hybridized carbons (Fsp3) is 0.0833. The Balaban J connectivity index is 1.40. The van der Waals surface area contributed by atoms with E-state index in [2.05, 4.69) is 194 Å². The van der Waals surface area contributed by atoms with Gasteiger partial charge in [-0.05, 0) is 102 Å². The van der Waals surface area contributed by atoms with Crippen LogP contribution >= 0.6 is 0 Å². The number of hydrogen-bond donors (Lipinski definition) is 0. The van der Waals surface area contributed by atoms with Gasteiger partial charge >= 0.3 is 0 Å². The van der Waals surface area contributed by atoms with Crippen molar-refractivity contribution in [1.82, 2.24) is 0 Å². The average molecular weight is 656 g/mol. The highest BCUT2D eigenvalue weighted by atomic mass is 28.3. The lowest BCUT2D eigenvalue weighted by atomic mass is 9.70. The van der Waals surface area contributed by atoms with Crippen LogP contribution in [0.3, 0.4) is 0 Å². The van der Waals surface area contributed by atoms with Crippen LogP contribution in [0.25, 0.3) is 43.8 Å². The molecule has 238 valence electrons. The van der Waals surface area contributed by atoms with E-state index in [-0.39, 0.29) is 0 Å². The summed E-state index contributed by atoms with van der Waals surface area (Å²) in [6, 6.07) is 63.9. The summed E-state index contributed by atoms with van der Waals surface area (Å²) in [5, 5.41) is 6.56. The molecule has 0 bridgehead atoms. The number of rotatable bonds is 4. The minimum atomic E-state index is -1.74. The van der Waals surface area contributed by atoms with Crippen LogP contribution < -0.4 is 10.1 Å². The van der Waals surface area contributed by atoms with E-state index in [1.165, 1.54) is 88.3 Å². The molecular weight excluding hydrogens is 619 g/mol. The van der Waals surface area contributed by atoms with Gasteiger partial charge in [-0.2, -0.15) is 0 Å².